The van der Waals surface area contributed by atoms with Gasteiger partial charge in [-0.05, 0) is 12.1 Å². The molecule has 0 aromatic carbocycles. The van der Waals surface area contributed by atoms with E-state index in [0.717, 1.165) is 16.5 Å². The van der Waals surface area contributed by atoms with Gasteiger partial charge in [0, 0.05) is 29.4 Å². The SMILES string of the molecule is Clc1ccnc(CSc2cnccn2)c1. The minimum absolute atomic E-state index is 0.708. The summed E-state index contributed by atoms with van der Waals surface area (Å²) in [5, 5.41) is 1.60. The summed E-state index contributed by atoms with van der Waals surface area (Å²) >= 11 is 7.44. The van der Waals surface area contributed by atoms with Gasteiger partial charge in [0.15, 0.2) is 0 Å². The van der Waals surface area contributed by atoms with E-state index in [9.17, 15) is 0 Å². The molecule has 0 spiro atoms. The fourth-order valence-corrected chi connectivity index (χ4v) is 1.94. The molecule has 0 aliphatic heterocycles. The first-order chi connectivity index (χ1) is 7.34. The lowest BCUT2D eigenvalue weighted by Gasteiger charge is -1.99. The first-order valence-corrected chi connectivity index (χ1v) is 5.70. The van der Waals surface area contributed by atoms with Crippen molar-refractivity contribution in [2.24, 2.45) is 0 Å². The lowest BCUT2D eigenvalue weighted by atomic mass is 10.4. The molecule has 0 bridgehead atoms. The summed E-state index contributed by atoms with van der Waals surface area (Å²) in [7, 11) is 0. The normalized spacial score (nSPS) is 10.2. The van der Waals surface area contributed by atoms with E-state index in [4.69, 9.17) is 11.6 Å². The fourth-order valence-electron chi connectivity index (χ4n) is 1.04. The maximum absolute atomic E-state index is 5.85. The second-order valence-corrected chi connectivity index (χ2v) is 4.23. The molecule has 0 N–H and O–H groups in total. The van der Waals surface area contributed by atoms with Crippen molar-refractivity contribution in [3.63, 3.8) is 0 Å². The molecular weight excluding hydrogens is 230 g/mol. The van der Waals surface area contributed by atoms with Gasteiger partial charge < -0.3 is 0 Å². The van der Waals surface area contributed by atoms with Crippen molar-refractivity contribution < 1.29 is 0 Å². The van der Waals surface area contributed by atoms with E-state index >= 15 is 0 Å². The fraction of sp³-hybridized carbons (Fsp3) is 0.100. The zero-order chi connectivity index (χ0) is 10.5. The quantitative estimate of drug-likeness (QED) is 0.770. The number of pyridine rings is 1. The van der Waals surface area contributed by atoms with Crippen LogP contribution in [-0.2, 0) is 5.75 Å². The summed E-state index contributed by atoms with van der Waals surface area (Å²) < 4.78 is 0. The molecular formula is C10H8ClN3S. The van der Waals surface area contributed by atoms with E-state index in [-0.39, 0.29) is 0 Å². The first-order valence-electron chi connectivity index (χ1n) is 4.34. The maximum Gasteiger partial charge on any atom is 0.115 e. The van der Waals surface area contributed by atoms with E-state index in [1.54, 1.807) is 42.6 Å². The highest BCUT2D eigenvalue weighted by Crippen LogP contribution is 2.19. The Morgan fingerprint density at radius 1 is 1.20 bits per heavy atom. The summed E-state index contributed by atoms with van der Waals surface area (Å²) in [6, 6.07) is 3.61. The molecule has 2 rings (SSSR count). The van der Waals surface area contributed by atoms with Gasteiger partial charge >= 0.3 is 0 Å². The first kappa shape index (κ1) is 10.4. The van der Waals surface area contributed by atoms with E-state index in [0.29, 0.717) is 5.02 Å². The third kappa shape index (κ3) is 3.18. The molecule has 3 nitrogen and oxygen atoms in total. The maximum atomic E-state index is 5.85. The van der Waals surface area contributed by atoms with Crippen molar-refractivity contribution in [2.75, 3.05) is 0 Å². The monoisotopic (exact) mass is 237 g/mol. The molecule has 5 heteroatoms. The Hall–Kier alpha value is -1.13. The lowest BCUT2D eigenvalue weighted by molar-refractivity contribution is 1.05. The van der Waals surface area contributed by atoms with Crippen LogP contribution in [-0.4, -0.2) is 15.0 Å². The highest BCUT2D eigenvalue weighted by atomic mass is 35.5. The molecule has 0 aliphatic carbocycles. The number of thioether (sulfide) groups is 1. The van der Waals surface area contributed by atoms with Gasteiger partial charge in [-0.3, -0.25) is 9.97 Å². The zero-order valence-corrected chi connectivity index (χ0v) is 9.37. The largest absolute Gasteiger partial charge is 0.260 e. The third-order valence-electron chi connectivity index (χ3n) is 1.69. The molecule has 2 heterocycles. The van der Waals surface area contributed by atoms with Gasteiger partial charge in [0.05, 0.1) is 11.9 Å². The predicted molar refractivity (Wildman–Crippen MR) is 60.8 cm³/mol. The second-order valence-electron chi connectivity index (χ2n) is 2.80. The number of hydrogen-bond donors (Lipinski definition) is 0. The molecule has 0 atom stereocenters. The molecule has 0 saturated heterocycles. The Morgan fingerprint density at radius 2 is 2.13 bits per heavy atom. The molecule has 0 unspecified atom stereocenters. The highest BCUT2D eigenvalue weighted by molar-refractivity contribution is 7.98. The molecule has 15 heavy (non-hydrogen) atoms. The Bertz CT molecular complexity index is 436. The minimum atomic E-state index is 0.708. The van der Waals surface area contributed by atoms with Gasteiger partial charge in [0.1, 0.15) is 5.03 Å². The van der Waals surface area contributed by atoms with Crippen molar-refractivity contribution in [2.45, 2.75) is 10.8 Å². The summed E-state index contributed by atoms with van der Waals surface area (Å²) in [4.78, 5) is 12.3. The van der Waals surface area contributed by atoms with E-state index in [1.807, 2.05) is 6.07 Å². The molecule has 0 amide bonds. The molecule has 0 saturated carbocycles. The molecule has 2 aromatic heterocycles. The van der Waals surface area contributed by atoms with Crippen molar-refractivity contribution in [3.8, 4) is 0 Å². The number of rotatable bonds is 3. The van der Waals surface area contributed by atoms with Gasteiger partial charge in [0.2, 0.25) is 0 Å². The molecule has 0 radical (unpaired) electrons. The summed E-state index contributed by atoms with van der Waals surface area (Å²) in [5.74, 6) is 0.749. The van der Waals surface area contributed by atoms with Crippen LogP contribution in [0.3, 0.4) is 0 Å². The minimum Gasteiger partial charge on any atom is -0.260 e. The van der Waals surface area contributed by atoms with Gasteiger partial charge in [0.25, 0.3) is 0 Å². The van der Waals surface area contributed by atoms with E-state index in [1.165, 1.54) is 0 Å². The number of nitrogens with zero attached hydrogens (tertiary/aromatic N) is 3. The van der Waals surface area contributed by atoms with Crippen LogP contribution < -0.4 is 0 Å². The van der Waals surface area contributed by atoms with Gasteiger partial charge in [-0.1, -0.05) is 23.4 Å². The third-order valence-corrected chi connectivity index (χ3v) is 2.87. The van der Waals surface area contributed by atoms with Crippen LogP contribution in [0.15, 0.2) is 41.9 Å². The average Bonchev–Trinajstić information content (AvgIpc) is 2.28. The molecule has 76 valence electrons. The number of aromatic nitrogens is 3. The van der Waals surface area contributed by atoms with Crippen LogP contribution >= 0.6 is 23.4 Å². The van der Waals surface area contributed by atoms with Gasteiger partial charge in [-0.15, -0.1) is 0 Å². The van der Waals surface area contributed by atoms with Crippen LogP contribution in [0.25, 0.3) is 0 Å². The Kier molecular flexibility index (Phi) is 3.53. The predicted octanol–water partition coefficient (Wildman–Crippen LogP) is 2.82. The summed E-state index contributed by atoms with van der Waals surface area (Å²) in [6.45, 7) is 0. The van der Waals surface area contributed by atoms with Crippen LogP contribution in [0.5, 0.6) is 0 Å². The van der Waals surface area contributed by atoms with Crippen molar-refractivity contribution in [3.05, 3.63) is 47.6 Å². The Balaban J connectivity index is 1.99. The Labute approximate surface area is 96.9 Å². The van der Waals surface area contributed by atoms with E-state index < -0.39 is 0 Å². The number of hydrogen-bond acceptors (Lipinski definition) is 4. The van der Waals surface area contributed by atoms with Crippen molar-refractivity contribution in [1.82, 2.24) is 15.0 Å². The van der Waals surface area contributed by atoms with Crippen LogP contribution in [0.1, 0.15) is 5.69 Å². The summed E-state index contributed by atoms with van der Waals surface area (Å²) in [5.41, 5.74) is 0.943. The lowest BCUT2D eigenvalue weighted by Crippen LogP contribution is -1.87. The highest BCUT2D eigenvalue weighted by Gasteiger charge is 1.98. The Morgan fingerprint density at radius 3 is 2.87 bits per heavy atom. The molecule has 0 fully saturated rings. The van der Waals surface area contributed by atoms with Crippen LogP contribution in [0.4, 0.5) is 0 Å². The molecule has 0 aliphatic rings. The van der Waals surface area contributed by atoms with Gasteiger partial charge in [-0.2, -0.15) is 0 Å². The topological polar surface area (TPSA) is 38.7 Å². The van der Waals surface area contributed by atoms with Crippen LogP contribution in [0, 0.1) is 0 Å². The number of halogens is 1. The van der Waals surface area contributed by atoms with Crippen LogP contribution in [0.2, 0.25) is 5.02 Å². The zero-order valence-electron chi connectivity index (χ0n) is 7.80. The van der Waals surface area contributed by atoms with Crippen molar-refractivity contribution >= 4 is 23.4 Å². The molecule has 2 aromatic rings. The van der Waals surface area contributed by atoms with E-state index in [2.05, 4.69) is 15.0 Å². The average molecular weight is 238 g/mol. The second kappa shape index (κ2) is 5.09. The van der Waals surface area contributed by atoms with Crippen molar-refractivity contribution in [1.29, 1.82) is 0 Å². The smallest absolute Gasteiger partial charge is 0.115 e. The van der Waals surface area contributed by atoms with Gasteiger partial charge in [-0.25, -0.2) is 4.98 Å². The summed E-state index contributed by atoms with van der Waals surface area (Å²) in [6.07, 6.45) is 6.76. The standard InChI is InChI=1S/C10H8ClN3S/c11-8-1-2-13-9(5-8)7-15-10-6-12-3-4-14-10/h1-6H,7H2.